The van der Waals surface area contributed by atoms with Crippen LogP contribution >= 0.6 is 15.9 Å². The number of carbonyl (C=O) groups is 1. The largest absolute Gasteiger partial charge is 0.322 e. The zero-order valence-corrected chi connectivity index (χ0v) is 12.8. The van der Waals surface area contributed by atoms with E-state index in [2.05, 4.69) is 26.2 Å². The number of rotatable bonds is 3. The van der Waals surface area contributed by atoms with E-state index in [0.717, 1.165) is 12.1 Å². The van der Waals surface area contributed by atoms with E-state index in [1.807, 2.05) is 0 Å². The van der Waals surface area contributed by atoms with E-state index in [-0.39, 0.29) is 11.3 Å². The fourth-order valence-corrected chi connectivity index (χ4v) is 2.50. The van der Waals surface area contributed by atoms with Crippen molar-refractivity contribution < 1.29 is 17.6 Å². The smallest absolute Gasteiger partial charge is 0.257 e. The quantitative estimate of drug-likeness (QED) is 0.857. The Morgan fingerprint density at radius 2 is 2.00 bits per heavy atom. The lowest BCUT2D eigenvalue weighted by Gasteiger charge is -2.07. The Kier molecular flexibility index (Phi) is 4.35. The first-order chi connectivity index (χ1) is 9.77. The number of primary sulfonamides is 1. The summed E-state index contributed by atoms with van der Waals surface area (Å²) in [4.78, 5) is 15.1. The van der Waals surface area contributed by atoms with Crippen LogP contribution in [0.25, 0.3) is 0 Å². The molecule has 2 rings (SSSR count). The second-order valence-electron chi connectivity index (χ2n) is 4.04. The molecule has 6 nitrogen and oxygen atoms in total. The minimum absolute atomic E-state index is 0.102. The Hall–Kier alpha value is -1.84. The summed E-state index contributed by atoms with van der Waals surface area (Å²) in [7, 11) is -4.14. The molecule has 0 radical (unpaired) electrons. The normalized spacial score (nSPS) is 11.2. The Morgan fingerprint density at radius 1 is 1.29 bits per heavy atom. The summed E-state index contributed by atoms with van der Waals surface area (Å²) in [6, 6.07) is 4.64. The Bertz CT molecular complexity index is 811. The van der Waals surface area contributed by atoms with Crippen molar-refractivity contribution in [1.82, 2.24) is 4.98 Å². The zero-order chi connectivity index (χ0) is 15.6. The van der Waals surface area contributed by atoms with Gasteiger partial charge >= 0.3 is 0 Å². The number of aromatic nitrogens is 1. The number of amides is 1. The van der Waals surface area contributed by atoms with E-state index in [1.165, 1.54) is 24.5 Å². The molecule has 0 spiro atoms. The number of nitrogens with zero attached hydrogens (tertiary/aromatic N) is 1. The molecule has 110 valence electrons. The van der Waals surface area contributed by atoms with Gasteiger partial charge in [0.15, 0.2) is 0 Å². The van der Waals surface area contributed by atoms with Gasteiger partial charge in [0.1, 0.15) is 10.7 Å². The lowest BCUT2D eigenvalue weighted by atomic mass is 10.2. The standard InChI is InChI=1S/C12H9BrFN3O3S/c13-8-3-7(5-16-6-8)12(18)17-9-1-2-11(10(14)4-9)21(15,19)20/h1-6H,(H,17,18)(H2,15,19,20). The number of hydrogen-bond donors (Lipinski definition) is 2. The number of benzene rings is 1. The highest BCUT2D eigenvalue weighted by molar-refractivity contribution is 9.10. The van der Waals surface area contributed by atoms with E-state index >= 15 is 0 Å². The summed E-state index contributed by atoms with van der Waals surface area (Å²) in [6.07, 6.45) is 2.85. The van der Waals surface area contributed by atoms with Gasteiger partial charge in [-0.25, -0.2) is 17.9 Å². The number of anilines is 1. The van der Waals surface area contributed by atoms with Gasteiger partial charge < -0.3 is 5.32 Å². The SMILES string of the molecule is NS(=O)(=O)c1ccc(NC(=O)c2cncc(Br)c2)cc1F. The van der Waals surface area contributed by atoms with Crippen molar-refractivity contribution in [3.8, 4) is 0 Å². The zero-order valence-electron chi connectivity index (χ0n) is 10.4. The van der Waals surface area contributed by atoms with Crippen LogP contribution in [0.3, 0.4) is 0 Å². The van der Waals surface area contributed by atoms with Crippen LogP contribution < -0.4 is 10.5 Å². The fraction of sp³-hybridized carbons (Fsp3) is 0. The summed E-state index contributed by atoms with van der Waals surface area (Å²) in [5.74, 6) is -1.55. The minimum Gasteiger partial charge on any atom is -0.322 e. The molecule has 2 aromatic rings. The molecule has 1 aromatic heterocycles. The molecular formula is C12H9BrFN3O3S. The maximum Gasteiger partial charge on any atom is 0.257 e. The number of sulfonamides is 1. The van der Waals surface area contributed by atoms with Crippen molar-refractivity contribution in [2.24, 2.45) is 5.14 Å². The summed E-state index contributed by atoms with van der Waals surface area (Å²) in [5, 5.41) is 7.28. The highest BCUT2D eigenvalue weighted by Gasteiger charge is 2.15. The average Bonchev–Trinajstić information content (AvgIpc) is 2.37. The monoisotopic (exact) mass is 373 g/mol. The van der Waals surface area contributed by atoms with Crippen molar-refractivity contribution in [2.75, 3.05) is 5.32 Å². The van der Waals surface area contributed by atoms with E-state index < -0.39 is 26.6 Å². The summed E-state index contributed by atoms with van der Waals surface area (Å²) >= 11 is 3.18. The van der Waals surface area contributed by atoms with Gasteiger partial charge in [0.2, 0.25) is 10.0 Å². The predicted octanol–water partition coefficient (Wildman–Crippen LogP) is 1.88. The van der Waals surface area contributed by atoms with Gasteiger partial charge in [-0.15, -0.1) is 0 Å². The first kappa shape index (κ1) is 15.5. The number of pyridine rings is 1. The molecule has 0 atom stereocenters. The number of carbonyl (C=O) groups excluding carboxylic acids is 1. The van der Waals surface area contributed by atoms with Crippen molar-refractivity contribution in [3.05, 3.63) is 52.5 Å². The lowest BCUT2D eigenvalue weighted by molar-refractivity contribution is 0.102. The minimum atomic E-state index is -4.14. The molecule has 9 heteroatoms. The summed E-state index contributed by atoms with van der Waals surface area (Å²) in [6.45, 7) is 0. The van der Waals surface area contributed by atoms with Gasteiger partial charge in [0.05, 0.1) is 5.56 Å². The third-order valence-corrected chi connectivity index (χ3v) is 3.84. The molecule has 0 unspecified atom stereocenters. The van der Waals surface area contributed by atoms with Gasteiger partial charge in [-0.1, -0.05) is 0 Å². The molecule has 0 bridgehead atoms. The van der Waals surface area contributed by atoms with Crippen molar-refractivity contribution in [2.45, 2.75) is 4.90 Å². The molecule has 21 heavy (non-hydrogen) atoms. The average molecular weight is 374 g/mol. The molecule has 0 aliphatic heterocycles. The highest BCUT2D eigenvalue weighted by Crippen LogP contribution is 2.19. The maximum absolute atomic E-state index is 13.6. The third-order valence-electron chi connectivity index (χ3n) is 2.46. The van der Waals surface area contributed by atoms with E-state index in [0.29, 0.717) is 4.47 Å². The van der Waals surface area contributed by atoms with Gasteiger partial charge in [0, 0.05) is 22.6 Å². The van der Waals surface area contributed by atoms with Crippen molar-refractivity contribution in [1.29, 1.82) is 0 Å². The Labute approximate surface area is 128 Å². The maximum atomic E-state index is 13.6. The molecule has 1 aromatic carbocycles. The molecular weight excluding hydrogens is 365 g/mol. The predicted molar refractivity (Wildman–Crippen MR) is 77.7 cm³/mol. The van der Waals surface area contributed by atoms with Crippen molar-refractivity contribution >= 4 is 37.5 Å². The van der Waals surface area contributed by atoms with Crippen LogP contribution in [0.2, 0.25) is 0 Å². The fourth-order valence-electron chi connectivity index (χ4n) is 1.55. The summed E-state index contributed by atoms with van der Waals surface area (Å²) < 4.78 is 36.4. The molecule has 0 saturated heterocycles. The topological polar surface area (TPSA) is 102 Å². The third kappa shape index (κ3) is 3.84. The van der Waals surface area contributed by atoms with E-state index in [9.17, 15) is 17.6 Å². The molecule has 0 aliphatic carbocycles. The first-order valence-corrected chi connectivity index (χ1v) is 7.85. The molecule has 1 amide bonds. The van der Waals surface area contributed by atoms with Crippen LogP contribution in [-0.2, 0) is 10.0 Å². The van der Waals surface area contributed by atoms with Crippen LogP contribution in [0.5, 0.6) is 0 Å². The molecule has 0 aliphatic rings. The second-order valence-corrected chi connectivity index (χ2v) is 6.48. The molecule has 0 fully saturated rings. The number of hydrogen-bond acceptors (Lipinski definition) is 4. The van der Waals surface area contributed by atoms with Crippen LogP contribution in [0.15, 0.2) is 46.0 Å². The molecule has 1 heterocycles. The van der Waals surface area contributed by atoms with Gasteiger partial charge in [-0.3, -0.25) is 9.78 Å². The van der Waals surface area contributed by atoms with Crippen LogP contribution in [0.4, 0.5) is 10.1 Å². The van der Waals surface area contributed by atoms with Gasteiger partial charge in [-0.05, 0) is 40.2 Å². The first-order valence-electron chi connectivity index (χ1n) is 5.51. The van der Waals surface area contributed by atoms with Crippen LogP contribution in [-0.4, -0.2) is 19.3 Å². The molecule has 0 saturated carbocycles. The number of halogens is 2. The Balaban J connectivity index is 2.25. The molecule has 3 N–H and O–H groups in total. The van der Waals surface area contributed by atoms with Crippen molar-refractivity contribution in [3.63, 3.8) is 0 Å². The second kappa shape index (κ2) is 5.88. The number of nitrogens with one attached hydrogen (secondary N) is 1. The number of nitrogens with two attached hydrogens (primary N) is 1. The van der Waals surface area contributed by atoms with E-state index in [1.54, 1.807) is 0 Å². The van der Waals surface area contributed by atoms with Gasteiger partial charge in [0.25, 0.3) is 5.91 Å². The highest BCUT2D eigenvalue weighted by atomic mass is 79.9. The summed E-state index contributed by atoms with van der Waals surface area (Å²) in [5.41, 5.74) is 0.366. The lowest BCUT2D eigenvalue weighted by Crippen LogP contribution is -2.15. The van der Waals surface area contributed by atoms with Gasteiger partial charge in [-0.2, -0.15) is 0 Å². The van der Waals surface area contributed by atoms with E-state index in [4.69, 9.17) is 5.14 Å². The Morgan fingerprint density at radius 3 is 2.57 bits per heavy atom. The van der Waals surface area contributed by atoms with Crippen LogP contribution in [0, 0.1) is 5.82 Å². The van der Waals surface area contributed by atoms with Crippen LogP contribution in [0.1, 0.15) is 10.4 Å².